The van der Waals surface area contributed by atoms with Crippen LogP contribution >= 0.6 is 7.75 Å². The van der Waals surface area contributed by atoms with Gasteiger partial charge in [-0.2, -0.15) is 5.09 Å². The van der Waals surface area contributed by atoms with E-state index in [9.17, 15) is 18.9 Å². The van der Waals surface area contributed by atoms with Crippen molar-refractivity contribution in [1.29, 1.82) is 0 Å². The highest BCUT2D eigenvalue weighted by Gasteiger charge is 2.42. The van der Waals surface area contributed by atoms with E-state index < -0.39 is 49.4 Å². The smallest absolute Gasteiger partial charge is 0.459 e. The SMILES string of the molecule is C#C[C@@]1(CO[P@@](=O)(N[C@@H](C(=O)OC2CCCC2)C(C)C)Oc2ccccc2)C=C[C@H](n2cc(C)c(=O)[nH]c2=O)O1. The number of hydrogen-bond donors (Lipinski definition) is 2. The number of para-hydroxylation sites is 1. The monoisotopic (exact) mass is 571 g/mol. The van der Waals surface area contributed by atoms with Crippen LogP contribution in [0.2, 0.25) is 0 Å². The van der Waals surface area contributed by atoms with Crippen molar-refractivity contribution in [2.24, 2.45) is 5.92 Å². The van der Waals surface area contributed by atoms with Gasteiger partial charge in [0.15, 0.2) is 11.8 Å². The molecule has 2 aromatic rings. The van der Waals surface area contributed by atoms with Crippen LogP contribution in [0.1, 0.15) is 51.3 Å². The van der Waals surface area contributed by atoms with Crippen LogP contribution in [0.15, 0.2) is 58.3 Å². The molecule has 0 radical (unpaired) electrons. The highest BCUT2D eigenvalue weighted by molar-refractivity contribution is 7.52. The third-order valence-corrected chi connectivity index (χ3v) is 8.26. The molecule has 4 rings (SSSR count). The topological polar surface area (TPSA) is 138 Å². The molecule has 4 atom stereocenters. The fourth-order valence-corrected chi connectivity index (χ4v) is 6.13. The fourth-order valence-electron chi connectivity index (χ4n) is 4.44. The van der Waals surface area contributed by atoms with Gasteiger partial charge in [-0.15, -0.1) is 6.42 Å². The van der Waals surface area contributed by atoms with Crippen LogP contribution in [0.3, 0.4) is 0 Å². The molecule has 0 unspecified atom stereocenters. The van der Waals surface area contributed by atoms with Gasteiger partial charge in [0.1, 0.15) is 24.5 Å². The number of ether oxygens (including phenoxy) is 2. The fraction of sp³-hybridized carbons (Fsp3) is 0.464. The van der Waals surface area contributed by atoms with E-state index in [0.717, 1.165) is 25.7 Å². The number of terminal acetylenes is 1. The summed E-state index contributed by atoms with van der Waals surface area (Å²) >= 11 is 0. The minimum Gasteiger partial charge on any atom is -0.461 e. The van der Waals surface area contributed by atoms with Crippen LogP contribution in [0.25, 0.3) is 0 Å². The molecule has 0 spiro atoms. The highest BCUT2D eigenvalue weighted by Crippen LogP contribution is 2.47. The van der Waals surface area contributed by atoms with Crippen molar-refractivity contribution < 1.29 is 27.9 Å². The third-order valence-electron chi connectivity index (χ3n) is 6.75. The quantitative estimate of drug-likeness (QED) is 0.179. The second kappa shape index (κ2) is 12.4. The van der Waals surface area contributed by atoms with Crippen LogP contribution in [0.5, 0.6) is 5.75 Å². The zero-order valence-electron chi connectivity index (χ0n) is 22.7. The summed E-state index contributed by atoms with van der Waals surface area (Å²) in [7, 11) is -4.25. The Bertz CT molecular complexity index is 1440. The first-order chi connectivity index (χ1) is 19.0. The number of esters is 1. The number of aromatic nitrogens is 2. The van der Waals surface area contributed by atoms with Crippen molar-refractivity contribution in [3.63, 3.8) is 0 Å². The number of aromatic amines is 1. The van der Waals surface area contributed by atoms with E-state index in [-0.39, 0.29) is 17.8 Å². The van der Waals surface area contributed by atoms with Crippen molar-refractivity contribution in [2.75, 3.05) is 6.61 Å². The molecule has 40 heavy (non-hydrogen) atoms. The third kappa shape index (κ3) is 7.01. The number of nitrogens with one attached hydrogen (secondary N) is 2. The number of hydrogen-bond acceptors (Lipinski definition) is 8. The molecule has 0 amide bonds. The van der Waals surface area contributed by atoms with E-state index >= 15 is 0 Å². The predicted octanol–water partition coefficient (Wildman–Crippen LogP) is 3.61. The van der Waals surface area contributed by atoms with Crippen LogP contribution in [0, 0.1) is 25.2 Å². The summed E-state index contributed by atoms with van der Waals surface area (Å²) in [5.74, 6) is 1.88. The number of rotatable bonds is 11. The van der Waals surface area contributed by atoms with E-state index in [1.54, 1.807) is 51.1 Å². The minimum absolute atomic E-state index is 0.176. The Kier molecular flexibility index (Phi) is 9.16. The lowest BCUT2D eigenvalue weighted by atomic mass is 10.1. The zero-order valence-corrected chi connectivity index (χ0v) is 23.6. The molecular formula is C28H34N3O8P. The van der Waals surface area contributed by atoms with Gasteiger partial charge in [-0.25, -0.2) is 9.36 Å². The number of H-pyrrole nitrogens is 1. The standard InChI is InChI=1S/C28H34N3O8P/c1-5-28(16-15-23(38-28)31-17-20(4)25(32)29-27(31)34)18-36-40(35,39-22-13-7-6-8-14-22)30-24(19(2)3)26(33)37-21-11-9-10-12-21/h1,6-8,13-17,19,21,23-24H,9-12,18H2,2-4H3,(H,30,35)(H,29,32,34)/t23-,24-,28+,40+/m1/s1. The molecule has 1 aliphatic heterocycles. The van der Waals surface area contributed by atoms with E-state index in [4.69, 9.17) is 24.9 Å². The lowest BCUT2D eigenvalue weighted by Gasteiger charge is -2.30. The molecule has 0 saturated heterocycles. The summed E-state index contributed by atoms with van der Waals surface area (Å²) < 4.78 is 38.6. The second-order valence-corrected chi connectivity index (χ2v) is 11.9. The van der Waals surface area contributed by atoms with Gasteiger partial charge < -0.3 is 14.0 Å². The zero-order chi connectivity index (χ0) is 28.9. The minimum atomic E-state index is -4.25. The van der Waals surface area contributed by atoms with Crippen LogP contribution in [0.4, 0.5) is 0 Å². The van der Waals surface area contributed by atoms with Gasteiger partial charge in [0.05, 0.1) is 0 Å². The van der Waals surface area contributed by atoms with E-state index in [1.165, 1.54) is 22.9 Å². The Morgan fingerprint density at radius 1 is 1.27 bits per heavy atom. The number of benzene rings is 1. The molecule has 1 saturated carbocycles. The van der Waals surface area contributed by atoms with Crippen molar-refractivity contribution in [1.82, 2.24) is 14.6 Å². The molecule has 1 aliphatic carbocycles. The molecule has 2 heterocycles. The van der Waals surface area contributed by atoms with Gasteiger partial charge >= 0.3 is 19.4 Å². The van der Waals surface area contributed by atoms with Crippen LogP contribution in [-0.4, -0.2) is 39.9 Å². The largest absolute Gasteiger partial charge is 0.461 e. The molecule has 1 fully saturated rings. The first-order valence-corrected chi connectivity index (χ1v) is 14.7. The van der Waals surface area contributed by atoms with Gasteiger partial charge in [0, 0.05) is 11.8 Å². The molecule has 11 nitrogen and oxygen atoms in total. The Morgan fingerprint density at radius 2 is 1.98 bits per heavy atom. The van der Waals surface area contributed by atoms with Crippen molar-refractivity contribution in [3.8, 4) is 18.1 Å². The Hall–Kier alpha value is -3.42. The molecule has 2 N–H and O–H groups in total. The molecule has 2 aliphatic rings. The van der Waals surface area contributed by atoms with Crippen molar-refractivity contribution >= 4 is 13.7 Å². The van der Waals surface area contributed by atoms with Gasteiger partial charge in [-0.3, -0.25) is 23.7 Å². The summed E-state index contributed by atoms with van der Waals surface area (Å²) in [6.07, 6.45) is 12.6. The Labute approximate surface area is 232 Å². The molecule has 1 aromatic heterocycles. The maximum atomic E-state index is 14.1. The van der Waals surface area contributed by atoms with E-state index in [2.05, 4.69) is 16.0 Å². The van der Waals surface area contributed by atoms with Crippen LogP contribution in [-0.2, 0) is 23.4 Å². The summed E-state index contributed by atoms with van der Waals surface area (Å²) in [4.78, 5) is 39.4. The average molecular weight is 572 g/mol. The molecular weight excluding hydrogens is 537 g/mol. The number of aryl methyl sites for hydroxylation is 1. The predicted molar refractivity (Wildman–Crippen MR) is 148 cm³/mol. The molecule has 1 aromatic carbocycles. The summed E-state index contributed by atoms with van der Waals surface area (Å²) in [6.45, 7) is 4.70. The van der Waals surface area contributed by atoms with Gasteiger partial charge in [-0.1, -0.05) is 38.0 Å². The highest BCUT2D eigenvalue weighted by atomic mass is 31.2. The summed E-state index contributed by atoms with van der Waals surface area (Å²) in [5.41, 5.74) is -2.41. The van der Waals surface area contributed by atoms with Crippen molar-refractivity contribution in [2.45, 2.75) is 70.4 Å². The van der Waals surface area contributed by atoms with E-state index in [0.29, 0.717) is 5.56 Å². The molecule has 0 bridgehead atoms. The van der Waals surface area contributed by atoms with Gasteiger partial charge in [0.25, 0.3) is 5.56 Å². The maximum absolute atomic E-state index is 14.1. The number of nitrogens with zero attached hydrogens (tertiary/aromatic N) is 1. The van der Waals surface area contributed by atoms with Crippen LogP contribution < -0.4 is 20.9 Å². The molecule has 12 heteroatoms. The number of carbonyl (C=O) groups is 1. The Morgan fingerprint density at radius 3 is 2.62 bits per heavy atom. The van der Waals surface area contributed by atoms with Gasteiger partial charge in [0.2, 0.25) is 0 Å². The lowest BCUT2D eigenvalue weighted by molar-refractivity contribution is -0.152. The lowest BCUT2D eigenvalue weighted by Crippen LogP contribution is -2.43. The normalized spacial score (nSPS) is 23.0. The second-order valence-electron chi connectivity index (χ2n) is 10.2. The molecule has 214 valence electrons. The first-order valence-electron chi connectivity index (χ1n) is 13.2. The van der Waals surface area contributed by atoms with Gasteiger partial charge in [-0.05, 0) is 62.8 Å². The average Bonchev–Trinajstić information content (AvgIpc) is 3.59. The Balaban J connectivity index is 1.54. The maximum Gasteiger partial charge on any atom is 0.459 e. The summed E-state index contributed by atoms with van der Waals surface area (Å²) in [6, 6.07) is 7.38. The first kappa shape index (κ1) is 29.6. The van der Waals surface area contributed by atoms with Crippen molar-refractivity contribution in [3.05, 3.63) is 75.1 Å². The van der Waals surface area contributed by atoms with E-state index in [1.807, 2.05) is 0 Å². The summed E-state index contributed by atoms with van der Waals surface area (Å²) in [5, 5.41) is 2.78. The number of carbonyl (C=O) groups excluding carboxylic acids is 1.